The van der Waals surface area contributed by atoms with Crippen molar-refractivity contribution in [2.24, 2.45) is 0 Å². The van der Waals surface area contributed by atoms with Gasteiger partial charge in [-0.15, -0.1) is 0 Å². The normalized spacial score (nSPS) is 17.3. The average molecular weight is 141 g/mol. The van der Waals surface area contributed by atoms with Crippen LogP contribution in [-0.4, -0.2) is 24.9 Å². The molecule has 0 aliphatic rings. The molecule has 10 heavy (non-hydrogen) atoms. The van der Waals surface area contributed by atoms with Crippen molar-refractivity contribution in [3.63, 3.8) is 0 Å². The topological polar surface area (TPSA) is 3.24 Å². The highest BCUT2D eigenvalue weighted by atomic mass is 15.1. The van der Waals surface area contributed by atoms with Crippen LogP contribution >= 0.6 is 0 Å². The van der Waals surface area contributed by atoms with Crippen molar-refractivity contribution in [2.75, 3.05) is 0 Å². The van der Waals surface area contributed by atoms with E-state index in [0.29, 0.717) is 0 Å². The molecule has 0 bridgehead atoms. The first-order chi connectivity index (χ1) is 4.63. The molecule has 2 heteroatoms. The Morgan fingerprint density at radius 2 is 1.40 bits per heavy atom. The van der Waals surface area contributed by atoms with E-state index in [0.717, 1.165) is 12.1 Å². The van der Waals surface area contributed by atoms with Crippen molar-refractivity contribution >= 4 is 7.98 Å². The van der Waals surface area contributed by atoms with E-state index in [2.05, 4.69) is 40.5 Å². The van der Waals surface area contributed by atoms with Crippen LogP contribution in [0, 0.1) is 0 Å². The smallest absolute Gasteiger partial charge is 0.186 e. The number of hydrogen-bond acceptors (Lipinski definition) is 1. The third-order valence-electron chi connectivity index (χ3n) is 2.57. The van der Waals surface area contributed by atoms with Crippen LogP contribution < -0.4 is 0 Å². The fourth-order valence-corrected chi connectivity index (χ4v) is 1.01. The molecule has 0 saturated heterocycles. The van der Waals surface area contributed by atoms with E-state index in [4.69, 9.17) is 0 Å². The Bertz CT molecular complexity index is 75.3. The van der Waals surface area contributed by atoms with Crippen LogP contribution in [0.3, 0.4) is 0 Å². The molecule has 0 aromatic rings. The highest BCUT2D eigenvalue weighted by molar-refractivity contribution is 6.04. The summed E-state index contributed by atoms with van der Waals surface area (Å²) in [7, 11) is 2.21. The molecular weight excluding hydrogens is 121 g/mol. The van der Waals surface area contributed by atoms with Gasteiger partial charge in [0.15, 0.2) is 7.98 Å². The minimum atomic E-state index is 0.731. The summed E-state index contributed by atoms with van der Waals surface area (Å²) < 4.78 is 0. The number of hydrogen-bond donors (Lipinski definition) is 0. The van der Waals surface area contributed by atoms with Gasteiger partial charge in [-0.1, -0.05) is 27.7 Å². The SMILES string of the molecule is BN(C(C)CC)C(C)CC. The molecule has 0 spiro atoms. The molecule has 2 unspecified atom stereocenters. The first-order valence-corrected chi connectivity index (χ1v) is 4.35. The number of nitrogens with zero attached hydrogens (tertiary/aromatic N) is 1. The van der Waals surface area contributed by atoms with Gasteiger partial charge < -0.3 is 4.81 Å². The first kappa shape index (κ1) is 10.0. The quantitative estimate of drug-likeness (QED) is 0.535. The van der Waals surface area contributed by atoms with Gasteiger partial charge in [0.25, 0.3) is 0 Å². The van der Waals surface area contributed by atoms with Gasteiger partial charge in [0, 0.05) is 0 Å². The van der Waals surface area contributed by atoms with E-state index in [1.54, 1.807) is 0 Å². The van der Waals surface area contributed by atoms with Crippen LogP contribution in [0.5, 0.6) is 0 Å². The maximum atomic E-state index is 2.44. The molecule has 0 aromatic heterocycles. The summed E-state index contributed by atoms with van der Waals surface area (Å²) in [5, 5.41) is 0. The molecular formula is C8H20BN. The lowest BCUT2D eigenvalue weighted by molar-refractivity contribution is 0.275. The summed E-state index contributed by atoms with van der Waals surface area (Å²) in [6, 6.07) is 1.46. The van der Waals surface area contributed by atoms with Crippen LogP contribution in [0.1, 0.15) is 40.5 Å². The summed E-state index contributed by atoms with van der Waals surface area (Å²) in [6.45, 7) is 9.05. The Labute approximate surface area is 66.2 Å². The minimum absolute atomic E-state index is 0.731. The second kappa shape index (κ2) is 4.78. The van der Waals surface area contributed by atoms with Gasteiger partial charge in [0.1, 0.15) is 0 Å². The predicted octanol–water partition coefficient (Wildman–Crippen LogP) is 1.43. The maximum absolute atomic E-state index is 2.44. The van der Waals surface area contributed by atoms with Gasteiger partial charge in [-0.05, 0) is 24.9 Å². The maximum Gasteiger partial charge on any atom is 0.186 e. The monoisotopic (exact) mass is 141 g/mol. The van der Waals surface area contributed by atoms with E-state index in [1.807, 2.05) is 0 Å². The fourth-order valence-electron chi connectivity index (χ4n) is 1.01. The van der Waals surface area contributed by atoms with Crippen molar-refractivity contribution in [2.45, 2.75) is 52.6 Å². The van der Waals surface area contributed by atoms with Crippen LogP contribution in [0.4, 0.5) is 0 Å². The van der Waals surface area contributed by atoms with E-state index in [9.17, 15) is 0 Å². The minimum Gasteiger partial charge on any atom is -0.344 e. The molecule has 0 N–H and O–H groups in total. The number of rotatable bonds is 4. The van der Waals surface area contributed by atoms with Crippen LogP contribution in [0.15, 0.2) is 0 Å². The van der Waals surface area contributed by atoms with Crippen LogP contribution in [0.2, 0.25) is 0 Å². The molecule has 60 valence electrons. The molecule has 0 amide bonds. The molecule has 0 rings (SSSR count). The zero-order chi connectivity index (χ0) is 8.15. The standard InChI is InChI=1S/C8H20BN/c1-5-7(3)10(9)8(4)6-2/h7-8H,5-6,9H2,1-4H3. The summed E-state index contributed by atoms with van der Waals surface area (Å²) >= 11 is 0. The van der Waals surface area contributed by atoms with E-state index in [-0.39, 0.29) is 0 Å². The lowest BCUT2D eigenvalue weighted by atomic mass is 10.1. The molecule has 1 nitrogen and oxygen atoms in total. The molecule has 2 atom stereocenters. The molecule has 0 aliphatic carbocycles. The average Bonchev–Trinajstić information content (AvgIpc) is 2.00. The molecule has 0 heterocycles. The van der Waals surface area contributed by atoms with E-state index >= 15 is 0 Å². The highest BCUT2D eigenvalue weighted by Gasteiger charge is 2.10. The van der Waals surface area contributed by atoms with E-state index in [1.165, 1.54) is 12.8 Å². The van der Waals surface area contributed by atoms with Crippen molar-refractivity contribution in [3.05, 3.63) is 0 Å². The zero-order valence-electron chi connectivity index (χ0n) is 8.02. The summed E-state index contributed by atoms with van der Waals surface area (Å²) in [4.78, 5) is 2.44. The predicted molar refractivity (Wildman–Crippen MR) is 49.9 cm³/mol. The van der Waals surface area contributed by atoms with Crippen molar-refractivity contribution in [3.8, 4) is 0 Å². The fraction of sp³-hybridized carbons (Fsp3) is 1.00. The van der Waals surface area contributed by atoms with Gasteiger partial charge in [0.05, 0.1) is 0 Å². The molecule has 0 fully saturated rings. The van der Waals surface area contributed by atoms with Gasteiger partial charge in [0.2, 0.25) is 0 Å². The molecule has 0 aliphatic heterocycles. The summed E-state index contributed by atoms with van der Waals surface area (Å²) in [6.07, 6.45) is 2.50. The summed E-state index contributed by atoms with van der Waals surface area (Å²) in [5.41, 5.74) is 0. The van der Waals surface area contributed by atoms with Crippen LogP contribution in [0.25, 0.3) is 0 Å². The third kappa shape index (κ3) is 2.74. The largest absolute Gasteiger partial charge is 0.344 e. The second-order valence-electron chi connectivity index (χ2n) is 3.18. The Hall–Kier alpha value is 0.0249. The van der Waals surface area contributed by atoms with Gasteiger partial charge in [-0.3, -0.25) is 0 Å². The third-order valence-corrected chi connectivity index (χ3v) is 2.57. The van der Waals surface area contributed by atoms with Gasteiger partial charge >= 0.3 is 0 Å². The van der Waals surface area contributed by atoms with Gasteiger partial charge in [-0.25, -0.2) is 0 Å². The second-order valence-corrected chi connectivity index (χ2v) is 3.18. The lowest BCUT2D eigenvalue weighted by Crippen LogP contribution is -2.37. The van der Waals surface area contributed by atoms with Crippen LogP contribution in [-0.2, 0) is 0 Å². The highest BCUT2D eigenvalue weighted by Crippen LogP contribution is 2.06. The summed E-state index contributed by atoms with van der Waals surface area (Å²) in [5.74, 6) is 0. The Morgan fingerprint density at radius 1 is 1.10 bits per heavy atom. The van der Waals surface area contributed by atoms with Crippen molar-refractivity contribution in [1.82, 2.24) is 4.81 Å². The molecule has 0 radical (unpaired) electrons. The first-order valence-electron chi connectivity index (χ1n) is 4.35. The molecule has 0 saturated carbocycles. The lowest BCUT2D eigenvalue weighted by Gasteiger charge is -2.29. The zero-order valence-corrected chi connectivity index (χ0v) is 8.02. The Morgan fingerprint density at radius 3 is 1.60 bits per heavy atom. The van der Waals surface area contributed by atoms with Crippen molar-refractivity contribution in [1.29, 1.82) is 0 Å². The van der Waals surface area contributed by atoms with E-state index < -0.39 is 0 Å². The molecule has 0 aromatic carbocycles. The Kier molecular flexibility index (Phi) is 4.79. The van der Waals surface area contributed by atoms with Crippen molar-refractivity contribution < 1.29 is 0 Å². The Balaban J connectivity index is 3.69. The van der Waals surface area contributed by atoms with Gasteiger partial charge in [-0.2, -0.15) is 0 Å².